The van der Waals surface area contributed by atoms with Gasteiger partial charge in [0.15, 0.2) is 0 Å². The first kappa shape index (κ1) is 17.6. The molecule has 0 aliphatic rings. The number of hydrogen-bond acceptors (Lipinski definition) is 4. The first-order valence-corrected chi connectivity index (χ1v) is 8.05. The number of benzene rings is 3. The zero-order chi connectivity index (χ0) is 19.2. The van der Waals surface area contributed by atoms with Crippen molar-refractivity contribution in [3.63, 3.8) is 0 Å². The molecule has 130 valence electrons. The predicted octanol–water partition coefficient (Wildman–Crippen LogP) is 3.56. The molecule has 0 aliphatic carbocycles. The van der Waals surface area contributed by atoms with Crippen molar-refractivity contribution in [2.24, 2.45) is 0 Å². The van der Waals surface area contributed by atoms with E-state index in [0.717, 1.165) is 11.1 Å². The van der Waals surface area contributed by atoms with Crippen molar-refractivity contribution in [1.82, 2.24) is 0 Å². The molecular formula is C22H15N3O2. The zero-order valence-corrected chi connectivity index (χ0v) is 14.3. The molecule has 0 bridgehead atoms. The van der Waals surface area contributed by atoms with Gasteiger partial charge in [0, 0.05) is 34.1 Å². The second kappa shape index (κ2) is 7.77. The summed E-state index contributed by atoms with van der Waals surface area (Å²) in [7, 11) is 0. The van der Waals surface area contributed by atoms with Crippen LogP contribution in [0, 0.1) is 33.8 Å². The molecule has 5 nitrogen and oxygen atoms in total. The molecule has 5 heteroatoms. The van der Waals surface area contributed by atoms with Crippen molar-refractivity contribution in [3.05, 3.63) is 99.1 Å². The highest BCUT2D eigenvalue weighted by atomic mass is 16.6. The first-order valence-electron chi connectivity index (χ1n) is 8.05. The number of nitro groups is 1. The van der Waals surface area contributed by atoms with Crippen LogP contribution in [-0.2, 0) is 0 Å². The zero-order valence-electron chi connectivity index (χ0n) is 14.3. The van der Waals surface area contributed by atoms with Crippen LogP contribution in [0.1, 0.15) is 22.3 Å². The number of nitrogens with two attached hydrogens (primary N) is 2. The van der Waals surface area contributed by atoms with Crippen LogP contribution >= 0.6 is 0 Å². The average Bonchev–Trinajstić information content (AvgIpc) is 2.67. The maximum absolute atomic E-state index is 11.4. The fourth-order valence-corrected chi connectivity index (χ4v) is 2.28. The Morgan fingerprint density at radius 2 is 1.11 bits per heavy atom. The van der Waals surface area contributed by atoms with Crippen molar-refractivity contribution in [2.75, 3.05) is 11.5 Å². The minimum Gasteiger partial charge on any atom is -0.399 e. The Hall–Kier alpha value is -4.22. The van der Waals surface area contributed by atoms with E-state index in [-0.39, 0.29) is 5.69 Å². The summed E-state index contributed by atoms with van der Waals surface area (Å²) in [6.07, 6.45) is 0. The molecule has 3 aromatic rings. The van der Waals surface area contributed by atoms with Gasteiger partial charge in [0.1, 0.15) is 5.56 Å². The monoisotopic (exact) mass is 353 g/mol. The van der Waals surface area contributed by atoms with Gasteiger partial charge >= 0.3 is 0 Å². The summed E-state index contributed by atoms with van der Waals surface area (Å²) < 4.78 is 0. The minimum absolute atomic E-state index is 0.0814. The number of hydrogen-bond donors (Lipinski definition) is 2. The van der Waals surface area contributed by atoms with Gasteiger partial charge < -0.3 is 11.5 Å². The standard InChI is InChI=1S/C22H15N3O2/c23-20-11-5-16(6-12-20)1-2-18-4-10-19(22(15-18)25(26)27)9-3-17-7-13-21(24)14-8-17/h4-8,10-15H,23-24H2. The Balaban J connectivity index is 1.91. The van der Waals surface area contributed by atoms with E-state index in [1.165, 1.54) is 6.07 Å². The van der Waals surface area contributed by atoms with E-state index < -0.39 is 4.92 Å². The predicted molar refractivity (Wildman–Crippen MR) is 107 cm³/mol. The highest BCUT2D eigenvalue weighted by Gasteiger charge is 2.12. The summed E-state index contributed by atoms with van der Waals surface area (Å²) in [5.41, 5.74) is 14.9. The van der Waals surface area contributed by atoms with Crippen LogP contribution in [0.25, 0.3) is 0 Å². The maximum Gasteiger partial charge on any atom is 0.286 e. The number of rotatable bonds is 1. The molecule has 0 saturated heterocycles. The highest BCUT2D eigenvalue weighted by Crippen LogP contribution is 2.19. The van der Waals surface area contributed by atoms with E-state index in [2.05, 4.69) is 23.7 Å². The van der Waals surface area contributed by atoms with Gasteiger partial charge in [-0.1, -0.05) is 23.7 Å². The Morgan fingerprint density at radius 1 is 0.667 bits per heavy atom. The number of anilines is 2. The molecule has 0 saturated carbocycles. The Kier molecular flexibility index (Phi) is 5.07. The van der Waals surface area contributed by atoms with Gasteiger partial charge in [0.05, 0.1) is 4.92 Å². The third-order valence-electron chi connectivity index (χ3n) is 3.71. The SMILES string of the molecule is Nc1ccc(C#Cc2ccc(C#Cc3ccc(N)cc3)c([N+](=O)[O-])c2)cc1. The van der Waals surface area contributed by atoms with Crippen LogP contribution in [0.15, 0.2) is 66.7 Å². The highest BCUT2D eigenvalue weighted by molar-refractivity contribution is 5.58. The van der Waals surface area contributed by atoms with E-state index in [9.17, 15) is 10.1 Å². The van der Waals surface area contributed by atoms with Gasteiger partial charge in [-0.05, 0) is 60.7 Å². The maximum atomic E-state index is 11.4. The smallest absolute Gasteiger partial charge is 0.286 e. The molecule has 0 atom stereocenters. The number of nitrogen functional groups attached to an aromatic ring is 2. The molecule has 0 aromatic heterocycles. The molecule has 4 N–H and O–H groups in total. The van der Waals surface area contributed by atoms with Gasteiger partial charge in [0.25, 0.3) is 5.69 Å². The van der Waals surface area contributed by atoms with Crippen LogP contribution in [0.3, 0.4) is 0 Å². The Labute approximate surface area is 156 Å². The van der Waals surface area contributed by atoms with Crippen molar-refractivity contribution in [3.8, 4) is 23.7 Å². The van der Waals surface area contributed by atoms with Crippen molar-refractivity contribution >= 4 is 17.1 Å². The molecule has 27 heavy (non-hydrogen) atoms. The lowest BCUT2D eigenvalue weighted by molar-refractivity contribution is -0.385. The first-order chi connectivity index (χ1) is 13.0. The topological polar surface area (TPSA) is 95.2 Å². The lowest BCUT2D eigenvalue weighted by atomic mass is 10.1. The quantitative estimate of drug-likeness (QED) is 0.303. The van der Waals surface area contributed by atoms with Gasteiger partial charge in [-0.25, -0.2) is 0 Å². The molecule has 0 spiro atoms. The van der Waals surface area contributed by atoms with Crippen LogP contribution in [0.5, 0.6) is 0 Å². The van der Waals surface area contributed by atoms with E-state index >= 15 is 0 Å². The third kappa shape index (κ3) is 4.66. The van der Waals surface area contributed by atoms with Gasteiger partial charge in [-0.15, -0.1) is 0 Å². The lowest BCUT2D eigenvalue weighted by Gasteiger charge is -1.97. The summed E-state index contributed by atoms with van der Waals surface area (Å²) in [4.78, 5) is 10.9. The molecule has 3 rings (SSSR count). The van der Waals surface area contributed by atoms with E-state index in [4.69, 9.17) is 11.5 Å². The van der Waals surface area contributed by atoms with Crippen LogP contribution < -0.4 is 11.5 Å². The summed E-state index contributed by atoms with van der Waals surface area (Å²) in [6.45, 7) is 0. The van der Waals surface area contributed by atoms with Crippen molar-refractivity contribution in [1.29, 1.82) is 0 Å². The van der Waals surface area contributed by atoms with Gasteiger partial charge in [-0.2, -0.15) is 0 Å². The van der Waals surface area contributed by atoms with Gasteiger partial charge in [-0.3, -0.25) is 10.1 Å². The molecule has 0 amide bonds. The largest absolute Gasteiger partial charge is 0.399 e. The Morgan fingerprint density at radius 3 is 1.63 bits per heavy atom. The van der Waals surface area contributed by atoms with Gasteiger partial charge in [0.2, 0.25) is 0 Å². The molecule has 0 fully saturated rings. The normalized spacial score (nSPS) is 9.48. The minimum atomic E-state index is -0.457. The van der Waals surface area contributed by atoms with Crippen LogP contribution in [-0.4, -0.2) is 4.92 Å². The summed E-state index contributed by atoms with van der Waals surface area (Å²) in [5.74, 6) is 11.6. The molecule has 3 aromatic carbocycles. The molecule has 0 radical (unpaired) electrons. The number of nitrogens with zero attached hydrogens (tertiary/aromatic N) is 1. The summed E-state index contributed by atoms with van der Waals surface area (Å²) in [5, 5.41) is 11.4. The molecule has 0 unspecified atom stereocenters. The Bertz CT molecular complexity index is 1110. The van der Waals surface area contributed by atoms with Crippen LogP contribution in [0.4, 0.5) is 17.1 Å². The number of nitro benzene ring substituents is 1. The van der Waals surface area contributed by atoms with Crippen LogP contribution in [0.2, 0.25) is 0 Å². The van der Waals surface area contributed by atoms with Crippen molar-refractivity contribution in [2.45, 2.75) is 0 Å². The molecular weight excluding hydrogens is 338 g/mol. The van der Waals surface area contributed by atoms with E-state index in [0.29, 0.717) is 22.5 Å². The lowest BCUT2D eigenvalue weighted by Crippen LogP contribution is -1.93. The molecule has 0 heterocycles. The van der Waals surface area contributed by atoms with E-state index in [1.807, 2.05) is 0 Å². The van der Waals surface area contributed by atoms with E-state index in [1.54, 1.807) is 60.7 Å². The molecule has 0 aliphatic heterocycles. The third-order valence-corrected chi connectivity index (χ3v) is 3.71. The average molecular weight is 353 g/mol. The summed E-state index contributed by atoms with van der Waals surface area (Å²) >= 11 is 0. The second-order valence-corrected chi connectivity index (χ2v) is 5.73. The van der Waals surface area contributed by atoms with Crippen molar-refractivity contribution < 1.29 is 4.92 Å². The fraction of sp³-hybridized carbons (Fsp3) is 0. The summed E-state index contributed by atoms with van der Waals surface area (Å²) in [6, 6.07) is 18.8. The second-order valence-electron chi connectivity index (χ2n) is 5.73. The fourth-order valence-electron chi connectivity index (χ4n) is 2.28.